The van der Waals surface area contributed by atoms with Gasteiger partial charge in [-0.2, -0.15) is 0 Å². The van der Waals surface area contributed by atoms with Crippen molar-refractivity contribution in [3.63, 3.8) is 0 Å². The number of nitrogens with one attached hydrogen (secondary N) is 2. The summed E-state index contributed by atoms with van der Waals surface area (Å²) in [5, 5.41) is 58.5. The van der Waals surface area contributed by atoms with Crippen molar-refractivity contribution in [2.45, 2.75) is 147 Å². The predicted octanol–water partition coefficient (Wildman–Crippen LogP) is -2.54. The molecule has 3 saturated carbocycles. The van der Waals surface area contributed by atoms with Gasteiger partial charge in [0.15, 0.2) is 23.5 Å². The highest BCUT2D eigenvalue weighted by Gasteiger charge is 2.76. The molecule has 15 amide bonds. The Hall–Kier alpha value is -12.5. The normalized spacial score (nSPS) is 24.0. The number of likely N-dealkylation sites (N-methyl/N-ethyl adjacent to an activating group) is 10. The zero-order chi connectivity index (χ0) is 99.0. The molecule has 134 heavy (non-hydrogen) atoms. The molecule has 14 atom stereocenters. The standard InChI is InChI=1S/C89H120N14O31/c1-15-17-78-132-63-35-58-56-23-21-53-33-55(105)28-30-87(53,3)79(56)60(106)36-88(58,4)89(63,134-78)62(107)48-128-49-102(16-2)86(127)129-47-51-18-24-61(131-85-82(125)80(123)81(124)84(133-85)130-50-104)59(32-51)91-65(109)29-31-90-64(108)25-20-52-19-22-54(103-66(110)26-27-67(103)111)34-57(52)83(126)101(14)45-76(120)99(12)43-74(118)97(10)41-72(116)95(8)39-70(114)93(6)37-68(112)92(5)38-69(113)94(7)40-71(115)96(9)42-73(117)98(11)44-75(119)100(13)46-77(121)122/h18-19,22,24,26-28,30,32-34,50,56,58,60,63,78-82,84-85,106,123-125H,15-17,20-21,23,25,29,31,35-49H2,1-14H3,(H,90,108)(H,91,109)(H,121,122)/t56-,58-,60-,63+,78+,79+,80-,81-,82+,84-,85+,87-,88-,89+/m0/s1. The van der Waals surface area contributed by atoms with Gasteiger partial charge in [-0.05, 0) is 105 Å². The summed E-state index contributed by atoms with van der Waals surface area (Å²) in [5.41, 5.74) is -1.90. The second-order valence-corrected chi connectivity index (χ2v) is 35.1. The lowest BCUT2D eigenvalue weighted by Crippen LogP contribution is -2.63. The summed E-state index contributed by atoms with van der Waals surface area (Å²) in [4.78, 5) is 261. The number of hydrogen-bond donors (Lipinski definition) is 7. The van der Waals surface area contributed by atoms with Crippen LogP contribution in [0.5, 0.6) is 5.75 Å². The van der Waals surface area contributed by atoms with Gasteiger partial charge in [-0.1, -0.05) is 51.0 Å². The van der Waals surface area contributed by atoms with Gasteiger partial charge in [-0.25, -0.2) is 9.69 Å². The molecule has 0 radical (unpaired) electrons. The van der Waals surface area contributed by atoms with Gasteiger partial charge in [0.05, 0.1) is 82.5 Å². The number of Topliss-reactive ketones (excluding diaryl/α,β-unsaturated/α-hetero) is 1. The number of amides is 15. The summed E-state index contributed by atoms with van der Waals surface area (Å²) < 4.78 is 41.3. The van der Waals surface area contributed by atoms with E-state index >= 15 is 4.79 Å². The minimum absolute atomic E-state index is 0.0357. The number of carbonyl (C=O) groups excluding carboxylic acids is 18. The topological polar surface area (TPSA) is 553 Å². The molecule has 2 aromatic rings. The van der Waals surface area contributed by atoms with E-state index in [1.165, 1.54) is 112 Å². The molecular formula is C89H120N14O31. The largest absolute Gasteiger partial charge is 0.480 e. The number of anilines is 2. The molecule has 0 aromatic heterocycles. The zero-order valence-corrected chi connectivity index (χ0v) is 77.5. The Morgan fingerprint density at radius 3 is 1.63 bits per heavy atom. The van der Waals surface area contributed by atoms with Crippen LogP contribution in [0.25, 0.3) is 0 Å². The molecule has 0 bridgehead atoms. The predicted molar refractivity (Wildman–Crippen MR) is 466 cm³/mol. The van der Waals surface area contributed by atoms with Crippen LogP contribution in [-0.4, -0.2) is 410 Å². The minimum atomic E-state index is -1.98. The first-order valence-electron chi connectivity index (χ1n) is 43.6. The van der Waals surface area contributed by atoms with Gasteiger partial charge in [0.1, 0.15) is 50.6 Å². The molecule has 0 unspecified atom stereocenters. The van der Waals surface area contributed by atoms with Crippen LogP contribution in [0, 0.1) is 28.6 Å². The van der Waals surface area contributed by atoms with E-state index in [4.69, 9.17) is 38.3 Å². The highest BCUT2D eigenvalue weighted by molar-refractivity contribution is 6.28. The van der Waals surface area contributed by atoms with E-state index in [9.17, 15) is 107 Å². The summed E-state index contributed by atoms with van der Waals surface area (Å²) in [6.07, 6.45) is -3.15. The maximum atomic E-state index is 15.0. The number of aliphatic hydroxyl groups is 4. The van der Waals surface area contributed by atoms with Crippen molar-refractivity contribution in [2.75, 3.05) is 173 Å². The van der Waals surface area contributed by atoms with Crippen molar-refractivity contribution < 1.29 is 150 Å². The number of aliphatic hydroxyl groups excluding tert-OH is 4. The van der Waals surface area contributed by atoms with Crippen molar-refractivity contribution in [2.24, 2.45) is 28.6 Å². The number of fused-ring (bicyclic) bond motifs is 7. The number of benzene rings is 2. The molecule has 3 heterocycles. The molecule has 3 aliphatic heterocycles. The van der Waals surface area contributed by atoms with E-state index in [0.29, 0.717) is 32.1 Å². The smallest absolute Gasteiger partial charge is 0.411 e. The van der Waals surface area contributed by atoms with E-state index < -0.39 is 258 Å². The second kappa shape index (κ2) is 45.5. The Balaban J connectivity index is 0.753. The summed E-state index contributed by atoms with van der Waals surface area (Å²) in [5.74, 6) is -12.5. The Morgan fingerprint density at radius 2 is 1.12 bits per heavy atom. The van der Waals surface area contributed by atoms with Crippen molar-refractivity contribution in [3.8, 4) is 5.75 Å². The number of aliphatic carboxylic acids is 1. The highest BCUT2D eigenvalue weighted by atomic mass is 16.8. The fraction of sp³-hybridized carbons (Fsp3) is 0.584. The molecule has 5 fully saturated rings. The number of rotatable bonds is 43. The lowest BCUT2D eigenvalue weighted by molar-refractivity contribution is -0.321. The number of imide groups is 1. The van der Waals surface area contributed by atoms with E-state index in [1.807, 2.05) is 19.9 Å². The molecule has 4 aliphatic carbocycles. The summed E-state index contributed by atoms with van der Waals surface area (Å²) >= 11 is 0. The third kappa shape index (κ3) is 24.7. The number of carboxylic acid groups (broad SMARTS) is 1. The van der Waals surface area contributed by atoms with Gasteiger partial charge in [-0.3, -0.25) is 95.9 Å². The SMILES string of the molecule is CCC[C@@H]1O[C@@H]2C[C@H]3[C@@H]4CCC5=CC(=O)C=C[C@]5(C)[C@H]4[C@@H](O)C[C@]3(C)[C@]2(C(=O)COCN(CC)C(=O)OCc2ccc(O[C@@H]3O[C@H](OC=O)[C@@H](O)[C@H](O)[C@H]3O)c(NC(=O)CCNC(=O)CCc3ccc(N4C(=O)C=CC4=O)cc3C(=O)N(C)CC(=O)N(C)CC(=O)N(C)CC(=O)N(C)CC(=O)N(C)CC(=O)N(C)CC(=O)N(C)CC(=O)N(C)CC(=O)N(C)CC(=O)N(C)CC(=O)O)c2)O1. The number of aryl methyl sites for hydroxylation is 1. The van der Waals surface area contributed by atoms with Crippen LogP contribution >= 0.6 is 0 Å². The first kappa shape index (κ1) is 105. The van der Waals surface area contributed by atoms with Gasteiger partial charge < -0.3 is 114 Å². The lowest BCUT2D eigenvalue weighted by Gasteiger charge is -2.59. The zero-order valence-electron chi connectivity index (χ0n) is 77.5. The minimum Gasteiger partial charge on any atom is -0.480 e. The van der Waals surface area contributed by atoms with Crippen molar-refractivity contribution in [3.05, 3.63) is 89.0 Å². The first-order valence-corrected chi connectivity index (χ1v) is 43.6. The van der Waals surface area contributed by atoms with E-state index in [2.05, 4.69) is 17.6 Å². The molecule has 2 aromatic carbocycles. The molecule has 732 valence electrons. The average Bonchev–Trinajstić information content (AvgIpc) is 1.50. The van der Waals surface area contributed by atoms with Crippen LogP contribution in [0.15, 0.2) is 72.4 Å². The van der Waals surface area contributed by atoms with Gasteiger partial charge in [0.2, 0.25) is 77.6 Å². The molecule has 9 rings (SSSR count). The number of nitrogens with zero attached hydrogens (tertiary/aromatic N) is 12. The number of carboxylic acids is 1. The van der Waals surface area contributed by atoms with Crippen LogP contribution in [-0.2, 0) is 123 Å². The molecule has 45 heteroatoms. The third-order valence-corrected chi connectivity index (χ3v) is 25.6. The van der Waals surface area contributed by atoms with Crippen LogP contribution < -0.4 is 20.3 Å². The molecule has 7 aliphatic rings. The van der Waals surface area contributed by atoms with Crippen LogP contribution in [0.2, 0.25) is 0 Å². The molecule has 0 spiro atoms. The molecule has 7 N–H and O–H groups in total. The number of allylic oxidation sites excluding steroid dienone is 4. The fourth-order valence-corrected chi connectivity index (χ4v) is 17.8. The van der Waals surface area contributed by atoms with E-state index in [0.717, 1.165) is 71.6 Å². The van der Waals surface area contributed by atoms with Crippen molar-refractivity contribution in [1.82, 2.24) is 59.2 Å². The van der Waals surface area contributed by atoms with Gasteiger partial charge in [-0.15, -0.1) is 0 Å². The maximum Gasteiger partial charge on any atom is 0.411 e. The lowest BCUT2D eigenvalue weighted by atomic mass is 9.46. The third-order valence-electron chi connectivity index (χ3n) is 25.6. The average molecular weight is 1880 g/mol. The monoisotopic (exact) mass is 1880 g/mol. The quantitative estimate of drug-likeness (QED) is 0.0204. The van der Waals surface area contributed by atoms with Crippen molar-refractivity contribution >= 4 is 124 Å². The number of ketones is 2. The van der Waals surface area contributed by atoms with E-state index in [-0.39, 0.29) is 96.2 Å². The van der Waals surface area contributed by atoms with E-state index in [1.54, 1.807) is 19.1 Å². The first-order chi connectivity index (χ1) is 63.1. The molecule has 2 saturated heterocycles. The maximum absolute atomic E-state index is 15.0. The Morgan fingerprint density at radius 1 is 0.604 bits per heavy atom. The van der Waals surface area contributed by atoms with Gasteiger partial charge in [0, 0.05) is 131 Å². The Kier molecular flexibility index (Phi) is 35.7. The summed E-state index contributed by atoms with van der Waals surface area (Å²) in [7, 11) is 12.6. The summed E-state index contributed by atoms with van der Waals surface area (Å²) in [6.45, 7) is 0.337. The van der Waals surface area contributed by atoms with Gasteiger partial charge >= 0.3 is 12.1 Å². The van der Waals surface area contributed by atoms with Gasteiger partial charge in [0.25, 0.3) is 24.2 Å². The Labute approximate surface area is 773 Å². The summed E-state index contributed by atoms with van der Waals surface area (Å²) in [6, 6.07) is 7.99. The van der Waals surface area contributed by atoms with Crippen LogP contribution in [0.3, 0.4) is 0 Å². The van der Waals surface area contributed by atoms with Crippen molar-refractivity contribution in [1.29, 1.82) is 0 Å². The fourth-order valence-electron chi connectivity index (χ4n) is 17.8. The molecule has 45 nitrogen and oxygen atoms in total. The van der Waals surface area contributed by atoms with Crippen LogP contribution in [0.1, 0.15) is 101 Å². The highest BCUT2D eigenvalue weighted by Crippen LogP contribution is 2.70. The second-order valence-electron chi connectivity index (χ2n) is 35.1. The number of carbonyl (C=O) groups is 19. The Bertz CT molecular complexity index is 4930. The number of hydrogen-bond acceptors (Lipinski definition) is 30. The van der Waals surface area contributed by atoms with Crippen LogP contribution in [0.4, 0.5) is 16.2 Å². The molecular weight excluding hydrogens is 1760 g/mol. The number of ether oxygens (including phenoxy) is 7.